The predicted molar refractivity (Wildman–Crippen MR) is 59.4 cm³/mol. The molecular weight excluding hydrogens is 178 g/mol. The number of aliphatic hydroxyl groups is 1. The van der Waals surface area contributed by atoms with Crippen molar-refractivity contribution in [3.05, 3.63) is 0 Å². The molecule has 0 aliphatic heterocycles. The van der Waals surface area contributed by atoms with Crippen molar-refractivity contribution in [3.8, 4) is 0 Å². The summed E-state index contributed by atoms with van der Waals surface area (Å²) in [6, 6.07) is 0. The molecule has 0 fully saturated rings. The molecule has 0 aromatic heterocycles. The third kappa shape index (κ3) is 11.9. The van der Waals surface area contributed by atoms with Gasteiger partial charge in [0.25, 0.3) is 0 Å². The summed E-state index contributed by atoms with van der Waals surface area (Å²) in [5.74, 6) is 0.616. The van der Waals surface area contributed by atoms with Crippen molar-refractivity contribution in [2.45, 2.75) is 39.7 Å². The lowest BCUT2D eigenvalue weighted by Crippen LogP contribution is -2.22. The van der Waals surface area contributed by atoms with Gasteiger partial charge in [-0.05, 0) is 32.2 Å². The van der Waals surface area contributed by atoms with Crippen LogP contribution in [0.2, 0.25) is 0 Å². The van der Waals surface area contributed by atoms with Crippen molar-refractivity contribution in [1.29, 1.82) is 0 Å². The Bertz CT molecular complexity index is 102. The van der Waals surface area contributed by atoms with E-state index >= 15 is 0 Å². The Morgan fingerprint density at radius 1 is 1.21 bits per heavy atom. The van der Waals surface area contributed by atoms with Gasteiger partial charge in [0.15, 0.2) is 0 Å². The molecule has 0 aromatic carbocycles. The maximum absolute atomic E-state index is 9.00. The van der Waals surface area contributed by atoms with Crippen LogP contribution in [0.5, 0.6) is 0 Å². The van der Waals surface area contributed by atoms with Crippen LogP contribution in [-0.4, -0.2) is 37.5 Å². The summed E-state index contributed by atoms with van der Waals surface area (Å²) in [6.45, 7) is 9.63. The van der Waals surface area contributed by atoms with Gasteiger partial charge in [-0.2, -0.15) is 0 Å². The molecule has 1 atom stereocenters. The lowest BCUT2D eigenvalue weighted by atomic mass is 10.2. The molecule has 0 heterocycles. The van der Waals surface area contributed by atoms with Crippen LogP contribution in [0, 0.1) is 5.92 Å². The smallest absolute Gasteiger partial charge is 0.0591 e. The highest BCUT2D eigenvalue weighted by atomic mass is 16.5. The van der Waals surface area contributed by atoms with Crippen LogP contribution in [0.25, 0.3) is 0 Å². The van der Waals surface area contributed by atoms with Crippen LogP contribution in [0.4, 0.5) is 0 Å². The number of nitrogens with one attached hydrogen (secondary N) is 1. The highest BCUT2D eigenvalue weighted by molar-refractivity contribution is 4.51. The van der Waals surface area contributed by atoms with E-state index in [2.05, 4.69) is 19.2 Å². The van der Waals surface area contributed by atoms with Crippen LogP contribution in [0.1, 0.15) is 33.6 Å². The fraction of sp³-hybridized carbons (Fsp3) is 1.00. The number of hydrogen-bond acceptors (Lipinski definition) is 3. The van der Waals surface area contributed by atoms with Crippen LogP contribution in [0.15, 0.2) is 0 Å². The van der Waals surface area contributed by atoms with Crippen molar-refractivity contribution in [2.24, 2.45) is 5.92 Å². The zero-order chi connectivity index (χ0) is 10.8. The maximum atomic E-state index is 9.00. The van der Waals surface area contributed by atoms with Gasteiger partial charge in [-0.3, -0.25) is 0 Å². The van der Waals surface area contributed by atoms with E-state index in [0.717, 1.165) is 39.1 Å². The zero-order valence-corrected chi connectivity index (χ0v) is 9.75. The molecule has 0 amide bonds. The van der Waals surface area contributed by atoms with E-state index in [1.165, 1.54) is 0 Å². The molecule has 0 saturated carbocycles. The molecule has 2 N–H and O–H groups in total. The van der Waals surface area contributed by atoms with Gasteiger partial charge < -0.3 is 15.2 Å². The molecule has 1 unspecified atom stereocenters. The predicted octanol–water partition coefficient (Wildman–Crippen LogP) is 1.41. The van der Waals surface area contributed by atoms with Crippen molar-refractivity contribution in [1.82, 2.24) is 5.32 Å². The molecule has 3 heteroatoms. The van der Waals surface area contributed by atoms with Gasteiger partial charge in [0, 0.05) is 13.2 Å². The molecule has 86 valence electrons. The second kappa shape index (κ2) is 9.44. The molecule has 0 rings (SSSR count). The number of rotatable bonds is 9. The second-order valence-corrected chi connectivity index (χ2v) is 4.21. The number of aliphatic hydroxyl groups excluding tert-OH is 1. The Labute approximate surface area is 87.8 Å². The maximum Gasteiger partial charge on any atom is 0.0591 e. The van der Waals surface area contributed by atoms with Gasteiger partial charge in [0.1, 0.15) is 0 Å². The third-order valence-electron chi connectivity index (χ3n) is 1.85. The molecule has 14 heavy (non-hydrogen) atoms. The second-order valence-electron chi connectivity index (χ2n) is 4.21. The molecule has 0 aliphatic carbocycles. The minimum atomic E-state index is -0.172. The Morgan fingerprint density at radius 3 is 2.50 bits per heavy atom. The topological polar surface area (TPSA) is 41.5 Å². The van der Waals surface area contributed by atoms with Crippen LogP contribution >= 0.6 is 0 Å². The molecule has 0 bridgehead atoms. The quantitative estimate of drug-likeness (QED) is 0.557. The fourth-order valence-electron chi connectivity index (χ4n) is 1.11. The Kier molecular flexibility index (Phi) is 9.35. The average molecular weight is 203 g/mol. The molecule has 0 spiro atoms. The lowest BCUT2D eigenvalue weighted by molar-refractivity contribution is 0.111. The molecule has 0 aromatic rings. The van der Waals surface area contributed by atoms with Gasteiger partial charge in [-0.15, -0.1) is 0 Å². The van der Waals surface area contributed by atoms with E-state index in [1.54, 1.807) is 0 Å². The van der Waals surface area contributed by atoms with Crippen LogP contribution in [-0.2, 0) is 4.74 Å². The normalized spacial score (nSPS) is 13.5. The van der Waals surface area contributed by atoms with Crippen molar-refractivity contribution in [3.63, 3.8) is 0 Å². The Balaban J connectivity index is 2.92. The fourth-order valence-corrected chi connectivity index (χ4v) is 1.11. The summed E-state index contributed by atoms with van der Waals surface area (Å²) in [5.41, 5.74) is 0. The first-order valence-corrected chi connectivity index (χ1v) is 5.59. The van der Waals surface area contributed by atoms with Crippen LogP contribution < -0.4 is 5.32 Å². The monoisotopic (exact) mass is 203 g/mol. The van der Waals surface area contributed by atoms with E-state index in [1.807, 2.05) is 6.92 Å². The van der Waals surface area contributed by atoms with Gasteiger partial charge in [0.05, 0.1) is 12.7 Å². The van der Waals surface area contributed by atoms with Gasteiger partial charge in [0.2, 0.25) is 0 Å². The first kappa shape index (κ1) is 13.9. The summed E-state index contributed by atoms with van der Waals surface area (Å²) < 4.78 is 5.41. The van der Waals surface area contributed by atoms with Crippen LogP contribution in [0.3, 0.4) is 0 Å². The average Bonchev–Trinajstić information content (AvgIpc) is 2.08. The van der Waals surface area contributed by atoms with Gasteiger partial charge in [-0.25, -0.2) is 0 Å². The van der Waals surface area contributed by atoms with E-state index < -0.39 is 0 Å². The molecule has 0 saturated heterocycles. The number of ether oxygens (including phenoxy) is 1. The van der Waals surface area contributed by atoms with Crippen molar-refractivity contribution >= 4 is 0 Å². The van der Waals surface area contributed by atoms with Crippen molar-refractivity contribution in [2.75, 3.05) is 26.3 Å². The zero-order valence-electron chi connectivity index (χ0n) is 9.75. The van der Waals surface area contributed by atoms with E-state index in [9.17, 15) is 0 Å². The molecular formula is C11H25NO2. The minimum Gasteiger partial charge on any atom is -0.393 e. The van der Waals surface area contributed by atoms with E-state index in [4.69, 9.17) is 9.84 Å². The van der Waals surface area contributed by atoms with Crippen molar-refractivity contribution < 1.29 is 9.84 Å². The highest BCUT2D eigenvalue weighted by Gasteiger charge is 1.95. The first-order chi connectivity index (χ1) is 6.63. The molecule has 3 nitrogen and oxygen atoms in total. The third-order valence-corrected chi connectivity index (χ3v) is 1.85. The molecule has 0 aliphatic rings. The Hall–Kier alpha value is -0.120. The first-order valence-electron chi connectivity index (χ1n) is 5.59. The SMILES string of the molecule is CC(C)COCCNCCCC(C)O. The van der Waals surface area contributed by atoms with Gasteiger partial charge in [-0.1, -0.05) is 13.8 Å². The summed E-state index contributed by atoms with van der Waals surface area (Å²) in [5, 5.41) is 12.3. The molecule has 0 radical (unpaired) electrons. The minimum absolute atomic E-state index is 0.172. The summed E-state index contributed by atoms with van der Waals surface area (Å²) in [6.07, 6.45) is 1.73. The summed E-state index contributed by atoms with van der Waals surface area (Å²) in [4.78, 5) is 0. The summed E-state index contributed by atoms with van der Waals surface area (Å²) >= 11 is 0. The summed E-state index contributed by atoms with van der Waals surface area (Å²) in [7, 11) is 0. The highest BCUT2D eigenvalue weighted by Crippen LogP contribution is 1.93. The lowest BCUT2D eigenvalue weighted by Gasteiger charge is -2.08. The Morgan fingerprint density at radius 2 is 1.93 bits per heavy atom. The van der Waals surface area contributed by atoms with E-state index in [-0.39, 0.29) is 6.10 Å². The van der Waals surface area contributed by atoms with E-state index in [0.29, 0.717) is 5.92 Å². The number of hydrogen-bond donors (Lipinski definition) is 2. The standard InChI is InChI=1S/C11H25NO2/c1-10(2)9-14-8-7-12-6-4-5-11(3)13/h10-13H,4-9H2,1-3H3. The van der Waals surface area contributed by atoms with Gasteiger partial charge >= 0.3 is 0 Å². The largest absolute Gasteiger partial charge is 0.393 e.